The zero-order valence-corrected chi connectivity index (χ0v) is 6.83. The fraction of sp³-hybridized carbons (Fsp3) is 0.625. The van der Waals surface area contributed by atoms with Gasteiger partial charge in [-0.3, -0.25) is 4.99 Å². The number of hydrogen-bond acceptors (Lipinski definition) is 2. The summed E-state index contributed by atoms with van der Waals surface area (Å²) in [6.45, 7) is 3.11. The summed E-state index contributed by atoms with van der Waals surface area (Å²) in [6.07, 6.45) is 4.27. The summed E-state index contributed by atoms with van der Waals surface area (Å²) in [5.74, 6) is 1.70. The first-order valence-electron chi connectivity index (χ1n) is 3.60. The van der Waals surface area contributed by atoms with Crippen LogP contribution in [0.2, 0.25) is 0 Å². The maximum absolute atomic E-state index is 4.37. The monoisotopic (exact) mass is 138 g/mol. The summed E-state index contributed by atoms with van der Waals surface area (Å²) in [5, 5.41) is 0. The van der Waals surface area contributed by atoms with Gasteiger partial charge in [0.15, 0.2) is 0 Å². The van der Waals surface area contributed by atoms with Crippen molar-refractivity contribution in [2.75, 3.05) is 20.6 Å². The van der Waals surface area contributed by atoms with Gasteiger partial charge in [0, 0.05) is 20.6 Å². The van der Waals surface area contributed by atoms with Crippen molar-refractivity contribution in [2.45, 2.75) is 6.92 Å². The summed E-state index contributed by atoms with van der Waals surface area (Å²) in [5.41, 5.74) is 0. The highest BCUT2D eigenvalue weighted by molar-refractivity contribution is 5.93. The van der Waals surface area contributed by atoms with E-state index in [1.165, 1.54) is 0 Å². The van der Waals surface area contributed by atoms with Crippen molar-refractivity contribution >= 4 is 5.84 Å². The van der Waals surface area contributed by atoms with Gasteiger partial charge in [0.2, 0.25) is 0 Å². The standard InChI is InChI=1S/C8H14N2/c1-7-4-5-8(9-6-7)10(2)3/h4-5,7H,6H2,1-3H3. The molecule has 0 aromatic heterocycles. The lowest BCUT2D eigenvalue weighted by atomic mass is 10.1. The van der Waals surface area contributed by atoms with Gasteiger partial charge in [0.1, 0.15) is 5.84 Å². The smallest absolute Gasteiger partial charge is 0.122 e. The third kappa shape index (κ3) is 1.59. The summed E-state index contributed by atoms with van der Waals surface area (Å²) >= 11 is 0. The second-order valence-electron chi connectivity index (χ2n) is 2.93. The molecule has 1 heterocycles. The van der Waals surface area contributed by atoms with E-state index in [-0.39, 0.29) is 0 Å². The first kappa shape index (κ1) is 7.32. The Morgan fingerprint density at radius 1 is 1.60 bits per heavy atom. The first-order valence-corrected chi connectivity index (χ1v) is 3.60. The zero-order chi connectivity index (χ0) is 7.56. The van der Waals surface area contributed by atoms with Crippen LogP contribution in [-0.4, -0.2) is 31.4 Å². The molecule has 0 fully saturated rings. The van der Waals surface area contributed by atoms with Gasteiger partial charge in [-0.25, -0.2) is 0 Å². The van der Waals surface area contributed by atoms with Crippen LogP contribution >= 0.6 is 0 Å². The Bertz CT molecular complexity index is 168. The van der Waals surface area contributed by atoms with Gasteiger partial charge in [-0.05, 0) is 12.0 Å². The Kier molecular flexibility index (Phi) is 2.10. The van der Waals surface area contributed by atoms with Crippen molar-refractivity contribution in [2.24, 2.45) is 10.9 Å². The predicted molar refractivity (Wildman–Crippen MR) is 44.3 cm³/mol. The molecule has 0 aromatic rings. The number of rotatable bonds is 0. The van der Waals surface area contributed by atoms with Gasteiger partial charge in [0.25, 0.3) is 0 Å². The molecule has 1 aliphatic rings. The Hall–Kier alpha value is -0.790. The molecule has 0 aromatic carbocycles. The molecule has 56 valence electrons. The maximum Gasteiger partial charge on any atom is 0.122 e. The largest absolute Gasteiger partial charge is 0.363 e. The van der Waals surface area contributed by atoms with E-state index in [9.17, 15) is 0 Å². The molecule has 1 unspecified atom stereocenters. The van der Waals surface area contributed by atoms with Crippen LogP contribution in [0.15, 0.2) is 17.1 Å². The topological polar surface area (TPSA) is 15.6 Å². The van der Waals surface area contributed by atoms with Gasteiger partial charge in [-0.1, -0.05) is 13.0 Å². The molecular formula is C8H14N2. The highest BCUT2D eigenvalue weighted by Crippen LogP contribution is 2.05. The Morgan fingerprint density at radius 3 is 2.70 bits per heavy atom. The molecule has 1 rings (SSSR count). The predicted octanol–water partition coefficient (Wildman–Crippen LogP) is 1.15. The summed E-state index contributed by atoms with van der Waals surface area (Å²) in [6, 6.07) is 0. The molecule has 0 spiro atoms. The number of aliphatic imine (C=N–C) groups is 1. The van der Waals surface area contributed by atoms with Crippen molar-refractivity contribution in [3.63, 3.8) is 0 Å². The van der Waals surface area contributed by atoms with Crippen LogP contribution in [0.3, 0.4) is 0 Å². The normalized spacial score (nSPS) is 24.3. The molecule has 0 radical (unpaired) electrons. The average molecular weight is 138 g/mol. The molecule has 0 bridgehead atoms. The fourth-order valence-electron chi connectivity index (χ4n) is 0.892. The lowest BCUT2D eigenvalue weighted by Gasteiger charge is -2.17. The number of likely N-dealkylation sites (N-methyl/N-ethyl adjacent to an activating group) is 1. The molecule has 0 saturated heterocycles. The number of dihydropyridines is 1. The number of amidine groups is 1. The van der Waals surface area contributed by atoms with E-state index >= 15 is 0 Å². The highest BCUT2D eigenvalue weighted by Gasteiger charge is 2.04. The van der Waals surface area contributed by atoms with Crippen LogP contribution in [0.4, 0.5) is 0 Å². The number of hydrogen-bond donors (Lipinski definition) is 0. The molecule has 0 N–H and O–H groups in total. The summed E-state index contributed by atoms with van der Waals surface area (Å²) in [4.78, 5) is 6.40. The second kappa shape index (κ2) is 2.86. The van der Waals surface area contributed by atoms with E-state index in [1.54, 1.807) is 0 Å². The Morgan fingerprint density at radius 2 is 2.30 bits per heavy atom. The van der Waals surface area contributed by atoms with Gasteiger partial charge >= 0.3 is 0 Å². The van der Waals surface area contributed by atoms with E-state index in [2.05, 4.69) is 24.1 Å². The summed E-state index contributed by atoms with van der Waals surface area (Å²) in [7, 11) is 4.03. The van der Waals surface area contributed by atoms with Crippen molar-refractivity contribution in [3.05, 3.63) is 12.2 Å². The van der Waals surface area contributed by atoms with Crippen LogP contribution in [0.25, 0.3) is 0 Å². The van der Waals surface area contributed by atoms with Crippen LogP contribution in [0, 0.1) is 5.92 Å². The maximum atomic E-state index is 4.37. The Labute approximate surface area is 62.3 Å². The third-order valence-corrected chi connectivity index (χ3v) is 1.57. The van der Waals surface area contributed by atoms with Crippen molar-refractivity contribution in [1.82, 2.24) is 4.90 Å². The Balaban J connectivity index is 2.59. The van der Waals surface area contributed by atoms with E-state index < -0.39 is 0 Å². The van der Waals surface area contributed by atoms with Crippen molar-refractivity contribution in [1.29, 1.82) is 0 Å². The van der Waals surface area contributed by atoms with Crippen molar-refractivity contribution in [3.8, 4) is 0 Å². The van der Waals surface area contributed by atoms with Gasteiger partial charge in [0.05, 0.1) is 0 Å². The average Bonchev–Trinajstić information content (AvgIpc) is 1.88. The van der Waals surface area contributed by atoms with Crippen LogP contribution in [0.5, 0.6) is 0 Å². The molecule has 10 heavy (non-hydrogen) atoms. The minimum Gasteiger partial charge on any atom is -0.363 e. The molecule has 2 nitrogen and oxygen atoms in total. The second-order valence-corrected chi connectivity index (χ2v) is 2.93. The molecule has 1 atom stereocenters. The van der Waals surface area contributed by atoms with Gasteiger partial charge < -0.3 is 4.90 Å². The van der Waals surface area contributed by atoms with E-state index in [0.717, 1.165) is 12.4 Å². The molecule has 0 aliphatic carbocycles. The van der Waals surface area contributed by atoms with Crippen molar-refractivity contribution < 1.29 is 0 Å². The summed E-state index contributed by atoms with van der Waals surface area (Å²) < 4.78 is 0. The quantitative estimate of drug-likeness (QED) is 0.490. The minimum absolute atomic E-state index is 0.615. The molecule has 1 aliphatic heterocycles. The first-order chi connectivity index (χ1) is 4.70. The van der Waals surface area contributed by atoms with E-state index in [4.69, 9.17) is 0 Å². The lowest BCUT2D eigenvalue weighted by Crippen LogP contribution is -2.23. The van der Waals surface area contributed by atoms with E-state index in [1.807, 2.05) is 19.0 Å². The van der Waals surface area contributed by atoms with Crippen LogP contribution < -0.4 is 0 Å². The molecule has 2 heteroatoms. The third-order valence-electron chi connectivity index (χ3n) is 1.57. The van der Waals surface area contributed by atoms with Crippen LogP contribution in [0.1, 0.15) is 6.92 Å². The minimum atomic E-state index is 0.615. The zero-order valence-electron chi connectivity index (χ0n) is 6.83. The highest BCUT2D eigenvalue weighted by atomic mass is 15.1. The molecule has 0 amide bonds. The number of nitrogens with zero attached hydrogens (tertiary/aromatic N) is 2. The molecular weight excluding hydrogens is 124 g/mol. The van der Waals surface area contributed by atoms with E-state index in [0.29, 0.717) is 5.92 Å². The fourth-order valence-corrected chi connectivity index (χ4v) is 0.892. The lowest BCUT2D eigenvalue weighted by molar-refractivity contribution is 0.606. The molecule has 0 saturated carbocycles. The van der Waals surface area contributed by atoms with Crippen LogP contribution in [-0.2, 0) is 0 Å². The SMILES string of the molecule is CC1C=CC(N(C)C)=NC1. The van der Waals surface area contributed by atoms with Gasteiger partial charge in [-0.2, -0.15) is 0 Å². The van der Waals surface area contributed by atoms with Gasteiger partial charge in [-0.15, -0.1) is 0 Å².